The number of nitrogens with two attached hydrogens (primary N) is 1. The molecule has 0 aliphatic heterocycles. The first-order valence-corrected chi connectivity index (χ1v) is 8.28. The molecule has 0 saturated carbocycles. The predicted molar refractivity (Wildman–Crippen MR) is 94.8 cm³/mol. The highest BCUT2D eigenvalue weighted by Crippen LogP contribution is 2.27. The van der Waals surface area contributed by atoms with E-state index >= 15 is 0 Å². The quantitative estimate of drug-likeness (QED) is 0.641. The lowest BCUT2D eigenvalue weighted by molar-refractivity contribution is 0.0994. The lowest BCUT2D eigenvalue weighted by Gasteiger charge is -2.03. The van der Waals surface area contributed by atoms with Gasteiger partial charge in [0.1, 0.15) is 5.69 Å². The molecule has 24 heavy (non-hydrogen) atoms. The van der Waals surface area contributed by atoms with Gasteiger partial charge in [-0.1, -0.05) is 23.2 Å². The maximum Gasteiger partial charge on any atom is 0.265 e. The highest BCUT2D eigenvalue weighted by molar-refractivity contribution is 7.14. The number of aromatic amines is 1. The Bertz CT molecular complexity index is 935. The van der Waals surface area contributed by atoms with Gasteiger partial charge < -0.3 is 10.7 Å². The van der Waals surface area contributed by atoms with Gasteiger partial charge in [0.05, 0.1) is 15.7 Å². The number of aromatic nitrogens is 2. The first kappa shape index (κ1) is 16.5. The number of benzene rings is 1. The van der Waals surface area contributed by atoms with E-state index in [9.17, 15) is 9.59 Å². The summed E-state index contributed by atoms with van der Waals surface area (Å²) in [6, 6.07) is 6.21. The van der Waals surface area contributed by atoms with E-state index in [1.165, 1.54) is 17.4 Å². The minimum absolute atomic E-state index is 0.291. The van der Waals surface area contributed by atoms with Gasteiger partial charge in [-0.25, -0.2) is 4.98 Å². The molecule has 2 amide bonds. The number of nitrogens with one attached hydrogen (secondary N) is 2. The van der Waals surface area contributed by atoms with E-state index in [1.807, 2.05) is 0 Å². The topological polar surface area (TPSA) is 101 Å². The first-order chi connectivity index (χ1) is 11.4. The molecule has 0 aliphatic carbocycles. The fourth-order valence-corrected chi connectivity index (χ4v) is 2.97. The number of hydrogen-bond donors (Lipinski definition) is 3. The lowest BCUT2D eigenvalue weighted by Crippen LogP contribution is -2.11. The van der Waals surface area contributed by atoms with Crippen molar-refractivity contribution in [2.75, 3.05) is 5.32 Å². The molecule has 122 valence electrons. The van der Waals surface area contributed by atoms with Gasteiger partial charge in [0, 0.05) is 22.7 Å². The number of hydrogen-bond acceptors (Lipinski definition) is 4. The van der Waals surface area contributed by atoms with Gasteiger partial charge in [0.2, 0.25) is 0 Å². The summed E-state index contributed by atoms with van der Waals surface area (Å²) in [6.07, 6.45) is 1.62. The monoisotopic (exact) mass is 380 g/mol. The number of H-pyrrole nitrogens is 1. The number of carbonyl (C=O) groups is 2. The fraction of sp³-hybridized carbons (Fsp3) is 0. The van der Waals surface area contributed by atoms with Crippen molar-refractivity contribution in [3.05, 3.63) is 57.1 Å². The first-order valence-electron chi connectivity index (χ1n) is 6.64. The average Bonchev–Trinajstić information content (AvgIpc) is 3.18. The Morgan fingerprint density at radius 3 is 2.67 bits per heavy atom. The lowest BCUT2D eigenvalue weighted by atomic mass is 10.2. The highest BCUT2D eigenvalue weighted by Gasteiger charge is 2.13. The van der Waals surface area contributed by atoms with Crippen molar-refractivity contribution < 1.29 is 9.59 Å². The molecule has 1 aromatic carbocycles. The van der Waals surface area contributed by atoms with Crippen molar-refractivity contribution in [1.29, 1.82) is 0 Å². The van der Waals surface area contributed by atoms with Crippen LogP contribution in [0.3, 0.4) is 0 Å². The number of amides is 2. The molecule has 0 fully saturated rings. The number of nitrogens with zero attached hydrogens (tertiary/aromatic N) is 1. The Morgan fingerprint density at radius 2 is 2.00 bits per heavy atom. The van der Waals surface area contributed by atoms with E-state index in [4.69, 9.17) is 28.9 Å². The summed E-state index contributed by atoms with van der Waals surface area (Å²) >= 11 is 13.0. The van der Waals surface area contributed by atoms with Crippen molar-refractivity contribution in [2.45, 2.75) is 0 Å². The van der Waals surface area contributed by atoms with Gasteiger partial charge >= 0.3 is 0 Å². The summed E-state index contributed by atoms with van der Waals surface area (Å²) in [4.78, 5) is 30.4. The second-order valence-corrected chi connectivity index (χ2v) is 6.46. The molecule has 2 heterocycles. The second kappa shape index (κ2) is 6.64. The summed E-state index contributed by atoms with van der Waals surface area (Å²) in [6.45, 7) is 0. The second-order valence-electron chi connectivity index (χ2n) is 4.79. The van der Waals surface area contributed by atoms with Crippen LogP contribution in [0.25, 0.3) is 11.3 Å². The molecular weight excluding hydrogens is 371 g/mol. The van der Waals surface area contributed by atoms with Crippen LogP contribution in [0.5, 0.6) is 0 Å². The molecule has 3 rings (SSSR count). The van der Waals surface area contributed by atoms with E-state index in [2.05, 4.69) is 15.3 Å². The molecule has 0 atom stereocenters. The summed E-state index contributed by atoms with van der Waals surface area (Å²) < 4.78 is 0. The van der Waals surface area contributed by atoms with Gasteiger partial charge in [-0.05, 0) is 24.3 Å². The summed E-state index contributed by atoms with van der Waals surface area (Å²) in [5.74, 6) is -0.897. The van der Waals surface area contributed by atoms with Crippen molar-refractivity contribution in [1.82, 2.24) is 9.97 Å². The molecule has 2 aromatic heterocycles. The molecule has 0 spiro atoms. The fourth-order valence-electron chi connectivity index (χ4n) is 1.95. The van der Waals surface area contributed by atoms with Crippen LogP contribution in [-0.4, -0.2) is 21.8 Å². The molecule has 0 saturated heterocycles. The van der Waals surface area contributed by atoms with Gasteiger partial charge in [0.15, 0.2) is 5.13 Å². The number of carbonyl (C=O) groups excluding carboxylic acids is 2. The Kier molecular flexibility index (Phi) is 4.57. The molecule has 0 unspecified atom stereocenters. The number of thiazole rings is 1. The Balaban J connectivity index is 1.76. The molecule has 3 aromatic rings. The third-order valence-corrected chi connectivity index (χ3v) is 4.65. The third kappa shape index (κ3) is 3.43. The van der Waals surface area contributed by atoms with E-state index in [0.29, 0.717) is 37.7 Å². The van der Waals surface area contributed by atoms with E-state index < -0.39 is 5.91 Å². The smallest absolute Gasteiger partial charge is 0.265 e. The molecule has 9 heteroatoms. The molecule has 0 radical (unpaired) electrons. The SMILES string of the molecule is NC(=O)c1cc(-c2csc(NC(=O)c3ccc(Cl)c(Cl)c3)n2)c[nH]1. The molecule has 0 bridgehead atoms. The van der Waals surface area contributed by atoms with Crippen LogP contribution < -0.4 is 11.1 Å². The van der Waals surface area contributed by atoms with Gasteiger partial charge in [0.25, 0.3) is 11.8 Å². The largest absolute Gasteiger partial charge is 0.364 e. The Hall–Kier alpha value is -2.35. The zero-order valence-electron chi connectivity index (χ0n) is 12.0. The average molecular weight is 381 g/mol. The third-order valence-electron chi connectivity index (χ3n) is 3.15. The van der Waals surface area contributed by atoms with Crippen molar-refractivity contribution in [2.24, 2.45) is 5.73 Å². The zero-order valence-corrected chi connectivity index (χ0v) is 14.3. The van der Waals surface area contributed by atoms with Gasteiger partial charge in [-0.2, -0.15) is 0 Å². The van der Waals surface area contributed by atoms with Crippen LogP contribution in [0.1, 0.15) is 20.8 Å². The maximum absolute atomic E-state index is 12.2. The number of halogens is 2. The summed E-state index contributed by atoms with van der Waals surface area (Å²) in [5, 5.41) is 5.55. The van der Waals surface area contributed by atoms with Crippen molar-refractivity contribution in [3.63, 3.8) is 0 Å². The Morgan fingerprint density at radius 1 is 1.21 bits per heavy atom. The van der Waals surface area contributed by atoms with E-state index in [0.717, 1.165) is 0 Å². The number of rotatable bonds is 4. The van der Waals surface area contributed by atoms with E-state index in [-0.39, 0.29) is 5.91 Å². The Labute approximate surface area is 150 Å². The number of primary amides is 1. The summed E-state index contributed by atoms with van der Waals surface area (Å²) in [5.41, 5.74) is 7.19. The van der Waals surface area contributed by atoms with Crippen LogP contribution in [0.15, 0.2) is 35.8 Å². The zero-order chi connectivity index (χ0) is 17.3. The normalized spacial score (nSPS) is 10.6. The van der Waals surface area contributed by atoms with E-state index in [1.54, 1.807) is 29.8 Å². The standard InChI is InChI=1S/C15H10Cl2N4O2S/c16-9-2-1-7(3-10(9)17)14(23)21-15-20-12(6-24-15)8-4-11(13(18)22)19-5-8/h1-6,19H,(H2,18,22)(H,20,21,23). The van der Waals surface area contributed by atoms with Gasteiger partial charge in [-0.3, -0.25) is 14.9 Å². The van der Waals surface area contributed by atoms with Crippen molar-refractivity contribution >= 4 is 51.5 Å². The van der Waals surface area contributed by atoms with Crippen LogP contribution in [0.4, 0.5) is 5.13 Å². The minimum atomic E-state index is -0.551. The highest BCUT2D eigenvalue weighted by atomic mass is 35.5. The minimum Gasteiger partial charge on any atom is -0.364 e. The number of anilines is 1. The van der Waals surface area contributed by atoms with Crippen molar-refractivity contribution in [3.8, 4) is 11.3 Å². The maximum atomic E-state index is 12.2. The van der Waals surface area contributed by atoms with Crippen LogP contribution in [0.2, 0.25) is 10.0 Å². The summed E-state index contributed by atoms with van der Waals surface area (Å²) in [7, 11) is 0. The van der Waals surface area contributed by atoms with Crippen LogP contribution >= 0.6 is 34.5 Å². The van der Waals surface area contributed by atoms with Crippen LogP contribution in [0, 0.1) is 0 Å². The molecular formula is C15H10Cl2N4O2S. The molecule has 4 N–H and O–H groups in total. The van der Waals surface area contributed by atoms with Gasteiger partial charge in [-0.15, -0.1) is 11.3 Å². The van der Waals surface area contributed by atoms with Crippen LogP contribution in [-0.2, 0) is 0 Å². The molecule has 6 nitrogen and oxygen atoms in total. The molecule has 0 aliphatic rings. The predicted octanol–water partition coefficient (Wildman–Crippen LogP) is 3.80.